The Labute approximate surface area is 101 Å². The van der Waals surface area contributed by atoms with Crippen molar-refractivity contribution in [1.29, 1.82) is 0 Å². The average molecular weight is 237 g/mol. The zero-order valence-corrected chi connectivity index (χ0v) is 10.6. The molecular weight excluding hydrogens is 218 g/mol. The van der Waals surface area contributed by atoms with Crippen LogP contribution in [0.25, 0.3) is 0 Å². The lowest BCUT2D eigenvalue weighted by Gasteiger charge is -2.30. The molecule has 0 aliphatic carbocycles. The number of aromatic nitrogens is 3. The van der Waals surface area contributed by atoms with Gasteiger partial charge in [0, 0.05) is 20.1 Å². The largest absolute Gasteiger partial charge is 0.467 e. The summed E-state index contributed by atoms with van der Waals surface area (Å²) < 4.78 is 5.08. The minimum absolute atomic E-state index is 0.359. The Bertz CT molecular complexity index is 354. The van der Waals surface area contributed by atoms with Crippen molar-refractivity contribution in [3.05, 3.63) is 0 Å². The Morgan fingerprint density at radius 1 is 1.24 bits per heavy atom. The van der Waals surface area contributed by atoms with Gasteiger partial charge in [-0.2, -0.15) is 15.0 Å². The Hall–Kier alpha value is -1.59. The fourth-order valence-corrected chi connectivity index (χ4v) is 1.90. The molecule has 0 unspecified atom stereocenters. The van der Waals surface area contributed by atoms with E-state index in [0.717, 1.165) is 19.0 Å². The number of methoxy groups -OCH3 is 1. The molecule has 0 amide bonds. The predicted octanol–water partition coefficient (Wildman–Crippen LogP) is 1.16. The first-order chi connectivity index (χ1) is 8.22. The smallest absolute Gasteiger partial charge is 0.322 e. The van der Waals surface area contributed by atoms with E-state index < -0.39 is 0 Å². The van der Waals surface area contributed by atoms with E-state index in [4.69, 9.17) is 4.74 Å². The number of hydrogen-bond donors (Lipinski definition) is 1. The van der Waals surface area contributed by atoms with Gasteiger partial charge in [-0.05, 0) is 18.8 Å². The fourth-order valence-electron chi connectivity index (χ4n) is 1.90. The second-order valence-corrected chi connectivity index (χ2v) is 4.37. The van der Waals surface area contributed by atoms with Gasteiger partial charge in [0.2, 0.25) is 11.9 Å². The maximum atomic E-state index is 5.08. The van der Waals surface area contributed by atoms with Crippen LogP contribution in [0, 0.1) is 5.92 Å². The Kier molecular flexibility index (Phi) is 3.61. The highest BCUT2D eigenvalue weighted by molar-refractivity contribution is 5.38. The van der Waals surface area contributed by atoms with Gasteiger partial charge >= 0.3 is 6.01 Å². The van der Waals surface area contributed by atoms with Crippen LogP contribution in [0.3, 0.4) is 0 Å². The molecule has 0 saturated carbocycles. The van der Waals surface area contributed by atoms with Gasteiger partial charge in [-0.3, -0.25) is 0 Å². The second kappa shape index (κ2) is 5.16. The van der Waals surface area contributed by atoms with E-state index in [2.05, 4.69) is 32.1 Å². The highest BCUT2D eigenvalue weighted by Gasteiger charge is 2.19. The van der Waals surface area contributed by atoms with Crippen molar-refractivity contribution in [2.75, 3.05) is 37.5 Å². The van der Waals surface area contributed by atoms with E-state index in [9.17, 15) is 0 Å². The molecule has 2 rings (SSSR count). The van der Waals surface area contributed by atoms with Gasteiger partial charge in [-0.1, -0.05) is 6.92 Å². The lowest BCUT2D eigenvalue weighted by molar-refractivity contribution is 0.376. The molecule has 0 bridgehead atoms. The number of anilines is 2. The molecular formula is C11H19N5O. The van der Waals surface area contributed by atoms with Crippen LogP contribution in [0.2, 0.25) is 0 Å². The molecule has 1 aliphatic heterocycles. The van der Waals surface area contributed by atoms with E-state index in [-0.39, 0.29) is 0 Å². The third-order valence-electron chi connectivity index (χ3n) is 3.08. The minimum Gasteiger partial charge on any atom is -0.467 e. The predicted molar refractivity (Wildman–Crippen MR) is 66.5 cm³/mol. The first-order valence-corrected chi connectivity index (χ1v) is 5.95. The molecule has 0 aromatic carbocycles. The first kappa shape index (κ1) is 11.9. The fraction of sp³-hybridized carbons (Fsp3) is 0.727. The molecule has 0 atom stereocenters. The van der Waals surface area contributed by atoms with Crippen LogP contribution in [0.4, 0.5) is 11.9 Å². The van der Waals surface area contributed by atoms with Gasteiger partial charge in [-0.25, -0.2) is 0 Å². The quantitative estimate of drug-likeness (QED) is 0.851. The highest BCUT2D eigenvalue weighted by atomic mass is 16.5. The van der Waals surface area contributed by atoms with E-state index in [0.29, 0.717) is 17.9 Å². The van der Waals surface area contributed by atoms with Crippen molar-refractivity contribution in [3.63, 3.8) is 0 Å². The van der Waals surface area contributed by atoms with Crippen LogP contribution in [0.1, 0.15) is 19.8 Å². The topological polar surface area (TPSA) is 63.2 Å². The van der Waals surface area contributed by atoms with Crippen molar-refractivity contribution in [2.45, 2.75) is 19.8 Å². The van der Waals surface area contributed by atoms with Crippen LogP contribution in [-0.2, 0) is 0 Å². The number of hydrogen-bond acceptors (Lipinski definition) is 6. The molecule has 1 fully saturated rings. The van der Waals surface area contributed by atoms with Crippen LogP contribution < -0.4 is 15.0 Å². The molecule has 0 radical (unpaired) electrons. The normalized spacial score (nSPS) is 17.0. The van der Waals surface area contributed by atoms with Crippen molar-refractivity contribution >= 4 is 11.9 Å². The maximum absolute atomic E-state index is 5.08. The van der Waals surface area contributed by atoms with Gasteiger partial charge < -0.3 is 15.0 Å². The second-order valence-electron chi connectivity index (χ2n) is 4.37. The van der Waals surface area contributed by atoms with Crippen LogP contribution in [0.5, 0.6) is 6.01 Å². The third kappa shape index (κ3) is 2.75. The molecule has 1 aliphatic rings. The number of rotatable bonds is 3. The van der Waals surface area contributed by atoms with Crippen LogP contribution in [-0.4, -0.2) is 42.2 Å². The van der Waals surface area contributed by atoms with Gasteiger partial charge in [0.25, 0.3) is 0 Å². The summed E-state index contributed by atoms with van der Waals surface area (Å²) in [5, 5.41) is 2.92. The average Bonchev–Trinajstić information content (AvgIpc) is 2.39. The number of nitrogens with one attached hydrogen (secondary N) is 1. The van der Waals surface area contributed by atoms with E-state index >= 15 is 0 Å². The Morgan fingerprint density at radius 3 is 2.53 bits per heavy atom. The number of piperidine rings is 1. The summed E-state index contributed by atoms with van der Waals surface area (Å²) in [6, 6.07) is 0.359. The molecule has 2 heterocycles. The molecule has 1 N–H and O–H groups in total. The van der Waals surface area contributed by atoms with E-state index in [1.165, 1.54) is 12.8 Å². The zero-order valence-electron chi connectivity index (χ0n) is 10.6. The third-order valence-corrected chi connectivity index (χ3v) is 3.08. The minimum atomic E-state index is 0.359. The summed E-state index contributed by atoms with van der Waals surface area (Å²) in [6.07, 6.45) is 2.37. The van der Waals surface area contributed by atoms with Crippen LogP contribution in [0.15, 0.2) is 0 Å². The number of ether oxygens (including phenoxy) is 1. The van der Waals surface area contributed by atoms with E-state index in [1.54, 1.807) is 14.2 Å². The molecule has 0 spiro atoms. The Morgan fingerprint density at radius 2 is 1.94 bits per heavy atom. The molecule has 6 heteroatoms. The summed E-state index contributed by atoms with van der Waals surface area (Å²) >= 11 is 0. The van der Waals surface area contributed by atoms with Crippen molar-refractivity contribution in [3.8, 4) is 6.01 Å². The van der Waals surface area contributed by atoms with Gasteiger partial charge in [-0.15, -0.1) is 0 Å². The van der Waals surface area contributed by atoms with Crippen molar-refractivity contribution in [1.82, 2.24) is 15.0 Å². The summed E-state index contributed by atoms with van der Waals surface area (Å²) in [6.45, 7) is 4.28. The monoisotopic (exact) mass is 237 g/mol. The van der Waals surface area contributed by atoms with Crippen molar-refractivity contribution < 1.29 is 4.74 Å². The molecule has 17 heavy (non-hydrogen) atoms. The Balaban J connectivity index is 2.19. The standard InChI is InChI=1S/C11H19N5O/c1-8-4-6-16(7-5-8)10-13-9(12-2)14-11(15-10)17-3/h8H,4-7H2,1-3H3,(H,12,13,14,15). The van der Waals surface area contributed by atoms with Gasteiger partial charge in [0.05, 0.1) is 7.11 Å². The lowest BCUT2D eigenvalue weighted by atomic mass is 10.00. The molecule has 94 valence electrons. The van der Waals surface area contributed by atoms with E-state index in [1.807, 2.05) is 0 Å². The number of nitrogens with zero attached hydrogens (tertiary/aromatic N) is 4. The van der Waals surface area contributed by atoms with Gasteiger partial charge in [0.15, 0.2) is 0 Å². The molecule has 1 aromatic heterocycles. The molecule has 1 saturated heterocycles. The van der Waals surface area contributed by atoms with Crippen LogP contribution >= 0.6 is 0 Å². The van der Waals surface area contributed by atoms with Crippen molar-refractivity contribution in [2.24, 2.45) is 5.92 Å². The maximum Gasteiger partial charge on any atom is 0.322 e. The van der Waals surface area contributed by atoms with Gasteiger partial charge in [0.1, 0.15) is 0 Å². The first-order valence-electron chi connectivity index (χ1n) is 5.95. The summed E-state index contributed by atoms with van der Waals surface area (Å²) in [5.41, 5.74) is 0. The lowest BCUT2D eigenvalue weighted by Crippen LogP contribution is -2.34. The SMILES string of the molecule is CNc1nc(OC)nc(N2CCC(C)CC2)n1. The summed E-state index contributed by atoms with van der Waals surface area (Å²) in [7, 11) is 3.35. The summed E-state index contributed by atoms with van der Waals surface area (Å²) in [4.78, 5) is 14.9. The molecule has 6 nitrogen and oxygen atoms in total. The zero-order chi connectivity index (χ0) is 12.3. The molecule has 1 aromatic rings. The summed E-state index contributed by atoms with van der Waals surface area (Å²) in [5.74, 6) is 2.04. The highest BCUT2D eigenvalue weighted by Crippen LogP contribution is 2.21.